The molecule has 0 heterocycles. The molecule has 2 rings (SSSR count). The van der Waals surface area contributed by atoms with Crippen LogP contribution >= 0.6 is 0 Å². The van der Waals surface area contributed by atoms with Crippen molar-refractivity contribution in [3.63, 3.8) is 0 Å². The molecule has 0 amide bonds. The molecule has 0 spiro atoms. The zero-order valence-corrected chi connectivity index (χ0v) is 21.1. The molecule has 6 heteroatoms. The average molecular weight is 493 g/mol. The number of hydrogen-bond acceptors (Lipinski definition) is 3. The van der Waals surface area contributed by atoms with Crippen molar-refractivity contribution in [3.8, 4) is 11.5 Å². The van der Waals surface area contributed by atoms with Crippen LogP contribution in [-0.4, -0.2) is 12.6 Å². The predicted molar refractivity (Wildman–Crippen MR) is 134 cm³/mol. The van der Waals surface area contributed by atoms with Crippen molar-refractivity contribution >= 4 is 5.97 Å². The van der Waals surface area contributed by atoms with E-state index in [1.54, 1.807) is 0 Å². The highest BCUT2D eigenvalue weighted by Gasteiger charge is 2.20. The topological polar surface area (TPSA) is 35.5 Å². The first-order valence-electron chi connectivity index (χ1n) is 13.1. The van der Waals surface area contributed by atoms with Gasteiger partial charge in [0, 0.05) is 6.07 Å². The van der Waals surface area contributed by atoms with Gasteiger partial charge in [-0.1, -0.05) is 84.1 Å². The van der Waals surface area contributed by atoms with Gasteiger partial charge in [0.15, 0.2) is 11.6 Å². The van der Waals surface area contributed by atoms with Crippen molar-refractivity contribution in [3.05, 3.63) is 58.9 Å². The summed E-state index contributed by atoms with van der Waals surface area (Å²) in [6, 6.07) is 6.45. The van der Waals surface area contributed by atoms with Crippen LogP contribution in [0.5, 0.6) is 11.5 Å². The second-order valence-electron chi connectivity index (χ2n) is 9.02. The monoisotopic (exact) mass is 492 g/mol. The third-order valence-corrected chi connectivity index (χ3v) is 6.06. The molecule has 3 nitrogen and oxygen atoms in total. The Morgan fingerprint density at radius 1 is 0.743 bits per heavy atom. The highest BCUT2D eigenvalue weighted by Crippen LogP contribution is 2.26. The van der Waals surface area contributed by atoms with Gasteiger partial charge in [0.2, 0.25) is 5.82 Å². The maximum atomic E-state index is 14.5. The van der Waals surface area contributed by atoms with E-state index >= 15 is 0 Å². The molecule has 35 heavy (non-hydrogen) atoms. The molecule has 0 aliphatic heterocycles. The number of hydrogen-bond donors (Lipinski definition) is 0. The Morgan fingerprint density at radius 2 is 1.37 bits per heavy atom. The summed E-state index contributed by atoms with van der Waals surface area (Å²) in [5, 5.41) is 0. The number of unbranched alkanes of at least 4 members (excludes halogenated alkanes) is 10. The van der Waals surface area contributed by atoms with Crippen LogP contribution in [0, 0.1) is 17.5 Å². The van der Waals surface area contributed by atoms with E-state index < -0.39 is 29.2 Å². The van der Waals surface area contributed by atoms with Gasteiger partial charge in [-0.25, -0.2) is 13.6 Å². The normalized spacial score (nSPS) is 11.0. The number of rotatable bonds is 17. The molecular weight excluding hydrogens is 453 g/mol. The third-order valence-electron chi connectivity index (χ3n) is 6.06. The lowest BCUT2D eigenvalue weighted by atomic mass is 10.0. The quantitative estimate of drug-likeness (QED) is 0.126. The molecule has 0 atom stereocenters. The van der Waals surface area contributed by atoms with E-state index in [1.807, 2.05) is 0 Å². The summed E-state index contributed by atoms with van der Waals surface area (Å²) in [6.07, 6.45) is 13.4. The first-order valence-corrected chi connectivity index (χ1v) is 13.1. The molecule has 2 aromatic carbocycles. The fraction of sp³-hybridized carbons (Fsp3) is 0.552. The van der Waals surface area contributed by atoms with Crippen LogP contribution in [0.1, 0.15) is 107 Å². The lowest BCUT2D eigenvalue weighted by Crippen LogP contribution is -2.13. The second-order valence-corrected chi connectivity index (χ2v) is 9.02. The molecule has 194 valence electrons. The van der Waals surface area contributed by atoms with Gasteiger partial charge < -0.3 is 9.47 Å². The van der Waals surface area contributed by atoms with Crippen LogP contribution in [0.2, 0.25) is 0 Å². The number of carbonyl (C=O) groups is 1. The van der Waals surface area contributed by atoms with Gasteiger partial charge >= 0.3 is 5.97 Å². The summed E-state index contributed by atoms with van der Waals surface area (Å²) in [6.45, 7) is 4.77. The van der Waals surface area contributed by atoms with Gasteiger partial charge in [-0.15, -0.1) is 0 Å². The van der Waals surface area contributed by atoms with Gasteiger partial charge in [0.25, 0.3) is 0 Å². The number of halogens is 3. The average Bonchev–Trinajstić information content (AvgIpc) is 2.84. The van der Waals surface area contributed by atoms with Crippen molar-refractivity contribution in [1.29, 1.82) is 0 Å². The van der Waals surface area contributed by atoms with E-state index in [-0.39, 0.29) is 11.1 Å². The Balaban J connectivity index is 1.87. The summed E-state index contributed by atoms with van der Waals surface area (Å²) >= 11 is 0. The molecule has 0 saturated heterocycles. The summed E-state index contributed by atoms with van der Waals surface area (Å²) in [7, 11) is 0. The van der Waals surface area contributed by atoms with Crippen LogP contribution < -0.4 is 9.47 Å². The minimum Gasteiger partial charge on any atom is -0.493 e. The third kappa shape index (κ3) is 9.95. The fourth-order valence-electron chi connectivity index (χ4n) is 3.92. The maximum absolute atomic E-state index is 14.5. The van der Waals surface area contributed by atoms with E-state index in [0.717, 1.165) is 57.4 Å². The standard InChI is InChI=1S/C29H39F3O3/c1-3-5-7-9-11-13-15-22-16-19-26(28(32)27(22)31)35-29(33)24-18-17-23(21-25(24)30)34-20-14-12-10-8-6-4-2/h16-19,21H,3-15,20H2,1-2H3. The summed E-state index contributed by atoms with van der Waals surface area (Å²) < 4.78 is 53.9. The first-order chi connectivity index (χ1) is 17.0. The summed E-state index contributed by atoms with van der Waals surface area (Å²) in [5.41, 5.74) is -0.122. The Bertz CT molecular complexity index is 914. The predicted octanol–water partition coefficient (Wildman–Crippen LogP) is 8.97. The van der Waals surface area contributed by atoms with Gasteiger partial charge in [0.1, 0.15) is 11.6 Å². The van der Waals surface area contributed by atoms with E-state index in [1.165, 1.54) is 49.9 Å². The fourth-order valence-corrected chi connectivity index (χ4v) is 3.92. The molecule has 0 aliphatic carbocycles. The van der Waals surface area contributed by atoms with Crippen LogP contribution in [-0.2, 0) is 6.42 Å². The summed E-state index contributed by atoms with van der Waals surface area (Å²) in [5.74, 6) is -4.43. The van der Waals surface area contributed by atoms with E-state index in [2.05, 4.69) is 13.8 Å². The van der Waals surface area contributed by atoms with E-state index in [9.17, 15) is 18.0 Å². The van der Waals surface area contributed by atoms with Crippen molar-refractivity contribution in [2.45, 2.75) is 97.3 Å². The van der Waals surface area contributed by atoms with Crippen LogP contribution in [0.25, 0.3) is 0 Å². The molecular formula is C29H39F3O3. The Kier molecular flexibility index (Phi) is 13.3. The van der Waals surface area contributed by atoms with Crippen molar-refractivity contribution in [2.24, 2.45) is 0 Å². The van der Waals surface area contributed by atoms with E-state index in [0.29, 0.717) is 18.8 Å². The molecule has 0 N–H and O–H groups in total. The van der Waals surface area contributed by atoms with Crippen molar-refractivity contribution < 1.29 is 27.4 Å². The van der Waals surface area contributed by atoms with Gasteiger partial charge in [0.05, 0.1) is 12.2 Å². The minimum atomic E-state index is -1.24. The number of aryl methyl sites for hydroxylation is 1. The molecule has 0 aliphatic rings. The Morgan fingerprint density at radius 3 is 2.03 bits per heavy atom. The molecule has 0 unspecified atom stereocenters. The lowest BCUT2D eigenvalue weighted by Gasteiger charge is -2.11. The second kappa shape index (κ2) is 16.2. The number of carbonyl (C=O) groups excluding carboxylic acids is 1. The number of ether oxygens (including phenoxy) is 2. The van der Waals surface area contributed by atoms with Gasteiger partial charge in [-0.2, -0.15) is 4.39 Å². The SMILES string of the molecule is CCCCCCCCOc1ccc(C(=O)Oc2ccc(CCCCCCCC)c(F)c2F)c(F)c1. The van der Waals surface area contributed by atoms with Crippen LogP contribution in [0.15, 0.2) is 30.3 Å². The largest absolute Gasteiger partial charge is 0.493 e. The zero-order chi connectivity index (χ0) is 25.5. The Labute approximate surface area is 208 Å². The summed E-state index contributed by atoms with van der Waals surface area (Å²) in [4.78, 5) is 12.4. The number of esters is 1. The molecule has 0 radical (unpaired) electrons. The first kappa shape index (κ1) is 28.7. The van der Waals surface area contributed by atoms with E-state index in [4.69, 9.17) is 9.47 Å². The minimum absolute atomic E-state index is 0.246. The smallest absolute Gasteiger partial charge is 0.346 e. The molecule has 0 bridgehead atoms. The Hall–Kier alpha value is -2.50. The molecule has 0 fully saturated rings. The molecule has 0 saturated carbocycles. The van der Waals surface area contributed by atoms with Gasteiger partial charge in [-0.3, -0.25) is 0 Å². The van der Waals surface area contributed by atoms with Gasteiger partial charge in [-0.05, 0) is 43.0 Å². The molecule has 0 aromatic heterocycles. The lowest BCUT2D eigenvalue weighted by molar-refractivity contribution is 0.0721. The van der Waals surface area contributed by atoms with Crippen molar-refractivity contribution in [2.75, 3.05) is 6.61 Å². The van der Waals surface area contributed by atoms with Crippen LogP contribution in [0.3, 0.4) is 0 Å². The number of benzene rings is 2. The van der Waals surface area contributed by atoms with Crippen LogP contribution in [0.4, 0.5) is 13.2 Å². The molecule has 2 aromatic rings. The highest BCUT2D eigenvalue weighted by molar-refractivity contribution is 5.91. The highest BCUT2D eigenvalue weighted by atomic mass is 19.2. The zero-order valence-electron chi connectivity index (χ0n) is 21.1. The van der Waals surface area contributed by atoms with Crippen molar-refractivity contribution in [1.82, 2.24) is 0 Å². The maximum Gasteiger partial charge on any atom is 0.346 e.